The molecule has 1 aliphatic rings. The predicted octanol–water partition coefficient (Wildman–Crippen LogP) is 0.552. The molecule has 0 spiro atoms. The Morgan fingerprint density at radius 1 is 1.64 bits per heavy atom. The van der Waals surface area contributed by atoms with Gasteiger partial charge in [0, 0.05) is 13.1 Å². The summed E-state index contributed by atoms with van der Waals surface area (Å²) in [6, 6.07) is -0.384. The molecule has 0 amide bonds. The fourth-order valence-electron chi connectivity index (χ4n) is 2.04. The normalized spacial score (nSPS) is 31.4. The van der Waals surface area contributed by atoms with Crippen LogP contribution >= 0.6 is 0 Å². The van der Waals surface area contributed by atoms with Gasteiger partial charge in [-0.25, -0.2) is 0 Å². The molecular weight excluding hydrogens is 182 g/mol. The monoisotopic (exact) mass is 201 g/mol. The summed E-state index contributed by atoms with van der Waals surface area (Å²) in [6.45, 7) is 5.22. The van der Waals surface area contributed by atoms with Crippen molar-refractivity contribution in [2.45, 2.75) is 38.8 Å². The van der Waals surface area contributed by atoms with Crippen molar-refractivity contribution < 1.29 is 15.0 Å². The lowest BCUT2D eigenvalue weighted by Crippen LogP contribution is -2.49. The van der Waals surface area contributed by atoms with Crippen molar-refractivity contribution in [1.82, 2.24) is 4.90 Å². The molecule has 1 heterocycles. The quantitative estimate of drug-likeness (QED) is 0.700. The van der Waals surface area contributed by atoms with E-state index in [0.717, 1.165) is 0 Å². The van der Waals surface area contributed by atoms with Crippen LogP contribution in [-0.2, 0) is 4.79 Å². The Hall–Kier alpha value is -0.610. The number of nitrogens with zero attached hydrogens (tertiary/aromatic N) is 1. The maximum absolute atomic E-state index is 10.9. The maximum Gasteiger partial charge on any atom is 0.320 e. The molecular formula is C10H19NO3. The molecule has 1 saturated heterocycles. The number of aliphatic hydroxyl groups is 1. The van der Waals surface area contributed by atoms with E-state index in [1.165, 1.54) is 0 Å². The van der Waals surface area contributed by atoms with Crippen molar-refractivity contribution in [1.29, 1.82) is 0 Å². The third-order valence-electron chi connectivity index (χ3n) is 3.00. The molecule has 3 atom stereocenters. The largest absolute Gasteiger partial charge is 0.480 e. The summed E-state index contributed by atoms with van der Waals surface area (Å²) < 4.78 is 0. The first-order valence-electron chi connectivity index (χ1n) is 5.21. The highest BCUT2D eigenvalue weighted by atomic mass is 16.4. The topological polar surface area (TPSA) is 60.8 Å². The average Bonchev–Trinajstić information content (AvgIpc) is 2.11. The third-order valence-corrected chi connectivity index (χ3v) is 3.00. The Balaban J connectivity index is 2.56. The summed E-state index contributed by atoms with van der Waals surface area (Å²) >= 11 is 0. The fourth-order valence-corrected chi connectivity index (χ4v) is 2.04. The second-order valence-corrected chi connectivity index (χ2v) is 4.09. The van der Waals surface area contributed by atoms with Gasteiger partial charge in [0.2, 0.25) is 0 Å². The standard InChI is InChI=1S/C10H19NO3/c1-3-8(10(13)14)11-5-4-9(12)7(2)6-11/h7-9,12H,3-6H2,1-2H3,(H,13,14)/t7-,8+,9+/m0/s1. The molecule has 0 aromatic rings. The minimum Gasteiger partial charge on any atom is -0.480 e. The third kappa shape index (κ3) is 2.45. The van der Waals surface area contributed by atoms with Gasteiger partial charge in [-0.1, -0.05) is 13.8 Å². The van der Waals surface area contributed by atoms with Crippen molar-refractivity contribution in [3.63, 3.8) is 0 Å². The van der Waals surface area contributed by atoms with Gasteiger partial charge in [0.1, 0.15) is 6.04 Å². The fraction of sp³-hybridized carbons (Fsp3) is 0.900. The summed E-state index contributed by atoms with van der Waals surface area (Å²) in [7, 11) is 0. The van der Waals surface area contributed by atoms with Crippen molar-refractivity contribution in [2.24, 2.45) is 5.92 Å². The lowest BCUT2D eigenvalue weighted by atomic mass is 9.95. The zero-order valence-electron chi connectivity index (χ0n) is 8.81. The van der Waals surface area contributed by atoms with Crippen LogP contribution in [0.5, 0.6) is 0 Å². The highest BCUT2D eigenvalue weighted by molar-refractivity contribution is 5.73. The second-order valence-electron chi connectivity index (χ2n) is 4.09. The van der Waals surface area contributed by atoms with E-state index in [1.54, 1.807) is 0 Å². The Morgan fingerprint density at radius 3 is 2.71 bits per heavy atom. The summed E-state index contributed by atoms with van der Waals surface area (Å²) in [5, 5.41) is 18.5. The van der Waals surface area contributed by atoms with Crippen molar-refractivity contribution in [3.05, 3.63) is 0 Å². The van der Waals surface area contributed by atoms with E-state index in [4.69, 9.17) is 5.11 Å². The van der Waals surface area contributed by atoms with E-state index in [-0.39, 0.29) is 18.1 Å². The molecule has 0 radical (unpaired) electrons. The van der Waals surface area contributed by atoms with E-state index in [9.17, 15) is 9.90 Å². The summed E-state index contributed by atoms with van der Waals surface area (Å²) in [5.74, 6) is -0.576. The van der Waals surface area contributed by atoms with Crippen molar-refractivity contribution in [3.8, 4) is 0 Å². The summed E-state index contributed by atoms with van der Waals surface area (Å²) in [4.78, 5) is 12.9. The number of hydrogen-bond acceptors (Lipinski definition) is 3. The van der Waals surface area contributed by atoms with Crippen LogP contribution in [0.2, 0.25) is 0 Å². The number of carboxylic acid groups (broad SMARTS) is 1. The highest BCUT2D eigenvalue weighted by Gasteiger charge is 2.31. The van der Waals surface area contributed by atoms with E-state index in [0.29, 0.717) is 25.9 Å². The van der Waals surface area contributed by atoms with E-state index in [1.807, 2.05) is 18.7 Å². The summed E-state index contributed by atoms with van der Waals surface area (Å²) in [6.07, 6.45) is 1.04. The van der Waals surface area contributed by atoms with Gasteiger partial charge in [0.25, 0.3) is 0 Å². The molecule has 0 aliphatic carbocycles. The number of rotatable bonds is 3. The summed E-state index contributed by atoms with van der Waals surface area (Å²) in [5.41, 5.74) is 0. The Bertz CT molecular complexity index is 208. The van der Waals surface area contributed by atoms with Gasteiger partial charge < -0.3 is 10.2 Å². The van der Waals surface area contributed by atoms with Crippen molar-refractivity contribution in [2.75, 3.05) is 13.1 Å². The number of piperidine rings is 1. The molecule has 0 aromatic carbocycles. The van der Waals surface area contributed by atoms with E-state index < -0.39 is 5.97 Å². The first-order valence-corrected chi connectivity index (χ1v) is 5.21. The SMILES string of the molecule is CC[C@H](C(=O)O)N1CC[C@@H](O)[C@@H](C)C1. The van der Waals surface area contributed by atoms with Crippen LogP contribution in [0.1, 0.15) is 26.7 Å². The van der Waals surface area contributed by atoms with Crippen LogP contribution in [0.25, 0.3) is 0 Å². The Kier molecular flexibility index (Phi) is 3.89. The van der Waals surface area contributed by atoms with Gasteiger partial charge in [-0.2, -0.15) is 0 Å². The number of aliphatic hydroxyl groups excluding tert-OH is 1. The molecule has 1 fully saturated rings. The van der Waals surface area contributed by atoms with E-state index >= 15 is 0 Å². The van der Waals surface area contributed by atoms with Crippen LogP contribution in [0.15, 0.2) is 0 Å². The number of hydrogen-bond donors (Lipinski definition) is 2. The van der Waals surface area contributed by atoms with Gasteiger partial charge in [0.05, 0.1) is 6.10 Å². The first-order chi connectivity index (χ1) is 6.56. The van der Waals surface area contributed by atoms with Crippen LogP contribution in [0.3, 0.4) is 0 Å². The molecule has 4 nitrogen and oxygen atoms in total. The number of aliphatic carboxylic acids is 1. The predicted molar refractivity (Wildman–Crippen MR) is 53.1 cm³/mol. The van der Waals surface area contributed by atoms with Crippen LogP contribution in [-0.4, -0.2) is 46.3 Å². The van der Waals surface area contributed by atoms with Crippen LogP contribution in [0, 0.1) is 5.92 Å². The van der Waals surface area contributed by atoms with Gasteiger partial charge in [0.15, 0.2) is 0 Å². The molecule has 1 rings (SSSR count). The van der Waals surface area contributed by atoms with Gasteiger partial charge in [-0.05, 0) is 18.8 Å². The molecule has 1 aliphatic heterocycles. The van der Waals surface area contributed by atoms with Crippen molar-refractivity contribution >= 4 is 5.97 Å². The van der Waals surface area contributed by atoms with E-state index in [2.05, 4.69) is 0 Å². The number of carboxylic acids is 1. The lowest BCUT2D eigenvalue weighted by Gasteiger charge is -2.37. The zero-order valence-corrected chi connectivity index (χ0v) is 8.81. The molecule has 4 heteroatoms. The smallest absolute Gasteiger partial charge is 0.320 e. The lowest BCUT2D eigenvalue weighted by molar-refractivity contribution is -0.145. The number of likely N-dealkylation sites (tertiary alicyclic amines) is 1. The average molecular weight is 201 g/mol. The Morgan fingerprint density at radius 2 is 2.29 bits per heavy atom. The molecule has 14 heavy (non-hydrogen) atoms. The zero-order chi connectivity index (χ0) is 10.7. The molecule has 0 aromatic heterocycles. The highest BCUT2D eigenvalue weighted by Crippen LogP contribution is 2.19. The second kappa shape index (κ2) is 4.75. The van der Waals surface area contributed by atoms with Gasteiger partial charge >= 0.3 is 5.97 Å². The van der Waals surface area contributed by atoms with Gasteiger partial charge in [-0.3, -0.25) is 9.69 Å². The first kappa shape index (κ1) is 11.5. The molecule has 2 N–H and O–H groups in total. The maximum atomic E-state index is 10.9. The van der Waals surface area contributed by atoms with Gasteiger partial charge in [-0.15, -0.1) is 0 Å². The molecule has 0 saturated carbocycles. The minimum absolute atomic E-state index is 0.178. The Labute approximate surface area is 84.5 Å². The van der Waals surface area contributed by atoms with Crippen LogP contribution < -0.4 is 0 Å². The minimum atomic E-state index is -0.754. The molecule has 0 bridgehead atoms. The molecule has 0 unspecified atom stereocenters. The van der Waals surface area contributed by atoms with Crippen LogP contribution in [0.4, 0.5) is 0 Å². The molecule has 82 valence electrons. The number of carbonyl (C=O) groups is 1.